The van der Waals surface area contributed by atoms with Crippen molar-refractivity contribution in [2.45, 2.75) is 13.3 Å². The summed E-state index contributed by atoms with van der Waals surface area (Å²) in [6, 6.07) is 13.8. The molecule has 0 aliphatic heterocycles. The van der Waals surface area contributed by atoms with E-state index in [1.165, 1.54) is 0 Å². The summed E-state index contributed by atoms with van der Waals surface area (Å²) in [4.78, 5) is 10.9. The van der Waals surface area contributed by atoms with Gasteiger partial charge in [-0.25, -0.2) is 0 Å². The van der Waals surface area contributed by atoms with E-state index in [1.807, 2.05) is 42.5 Å². The molecule has 0 radical (unpaired) electrons. The van der Waals surface area contributed by atoms with Crippen LogP contribution in [-0.2, 0) is 11.2 Å². The van der Waals surface area contributed by atoms with Crippen LogP contribution in [0.4, 0.5) is 0 Å². The second kappa shape index (κ2) is 4.43. The molecular weight excluding hydrogens is 240 g/mol. The second-order valence-electron chi connectivity index (χ2n) is 4.87. The van der Waals surface area contributed by atoms with Crippen molar-refractivity contribution in [1.82, 2.24) is 0 Å². The molecule has 1 heterocycles. The first-order chi connectivity index (χ1) is 9.15. The van der Waals surface area contributed by atoms with Crippen molar-refractivity contribution in [3.8, 4) is 0 Å². The normalized spacial score (nSPS) is 12.9. The Bertz CT molecular complexity index is 755. The first-order valence-electron chi connectivity index (χ1n) is 6.28. The zero-order chi connectivity index (χ0) is 13.4. The topological polar surface area (TPSA) is 50.4 Å². The van der Waals surface area contributed by atoms with Gasteiger partial charge in [-0.1, -0.05) is 31.2 Å². The smallest absolute Gasteiger partial charge is 0.306 e. The molecule has 0 bridgehead atoms. The summed E-state index contributed by atoms with van der Waals surface area (Å²) in [5.74, 6) is -1.15. The lowest BCUT2D eigenvalue weighted by Gasteiger charge is -2.05. The Morgan fingerprint density at radius 2 is 1.89 bits per heavy atom. The van der Waals surface area contributed by atoms with E-state index >= 15 is 0 Å². The monoisotopic (exact) mass is 254 g/mol. The van der Waals surface area contributed by atoms with Crippen LogP contribution in [0.15, 0.2) is 46.9 Å². The van der Waals surface area contributed by atoms with Crippen LogP contribution >= 0.6 is 0 Å². The van der Waals surface area contributed by atoms with Gasteiger partial charge in [-0.3, -0.25) is 4.79 Å². The molecule has 1 atom stereocenters. The Morgan fingerprint density at radius 3 is 2.68 bits per heavy atom. The second-order valence-corrected chi connectivity index (χ2v) is 4.87. The van der Waals surface area contributed by atoms with Crippen molar-refractivity contribution >= 4 is 27.9 Å². The average Bonchev–Trinajstić information content (AvgIpc) is 2.76. The average molecular weight is 254 g/mol. The molecule has 3 aromatic rings. The standard InChI is InChI=1S/C16H14O3/c1-10(16(17)18)8-11-6-7-15-13(9-11)12-4-2-3-5-14(12)19-15/h2-7,9-10H,8H2,1H3,(H,17,18). The molecule has 3 rings (SSSR count). The fourth-order valence-corrected chi connectivity index (χ4v) is 2.34. The summed E-state index contributed by atoms with van der Waals surface area (Å²) in [5, 5.41) is 11.1. The Balaban J connectivity index is 2.09. The van der Waals surface area contributed by atoms with Crippen LogP contribution in [0, 0.1) is 5.92 Å². The molecule has 19 heavy (non-hydrogen) atoms. The third-order valence-corrected chi connectivity index (χ3v) is 3.40. The summed E-state index contributed by atoms with van der Waals surface area (Å²) in [6.07, 6.45) is 0.533. The number of aliphatic carboxylic acids is 1. The van der Waals surface area contributed by atoms with Gasteiger partial charge < -0.3 is 9.52 Å². The van der Waals surface area contributed by atoms with Crippen molar-refractivity contribution in [3.63, 3.8) is 0 Å². The van der Waals surface area contributed by atoms with E-state index in [1.54, 1.807) is 6.92 Å². The number of carboxylic acids is 1. The first kappa shape index (κ1) is 11.8. The predicted molar refractivity (Wildman–Crippen MR) is 74.2 cm³/mol. The zero-order valence-electron chi connectivity index (χ0n) is 10.6. The van der Waals surface area contributed by atoms with Gasteiger partial charge in [0.2, 0.25) is 0 Å². The van der Waals surface area contributed by atoms with Gasteiger partial charge >= 0.3 is 5.97 Å². The number of rotatable bonds is 3. The summed E-state index contributed by atoms with van der Waals surface area (Å²) in [7, 11) is 0. The fraction of sp³-hybridized carbons (Fsp3) is 0.188. The molecule has 0 fully saturated rings. The molecule has 3 heteroatoms. The highest BCUT2D eigenvalue weighted by molar-refractivity contribution is 6.04. The van der Waals surface area contributed by atoms with Gasteiger partial charge in [0.25, 0.3) is 0 Å². The van der Waals surface area contributed by atoms with E-state index in [9.17, 15) is 4.79 Å². The van der Waals surface area contributed by atoms with E-state index in [4.69, 9.17) is 9.52 Å². The van der Waals surface area contributed by atoms with Crippen LogP contribution < -0.4 is 0 Å². The van der Waals surface area contributed by atoms with Gasteiger partial charge in [0, 0.05) is 10.8 Å². The Kier molecular flexibility index (Phi) is 2.75. The lowest BCUT2D eigenvalue weighted by molar-refractivity contribution is -0.141. The predicted octanol–water partition coefficient (Wildman–Crippen LogP) is 3.85. The first-order valence-corrected chi connectivity index (χ1v) is 6.28. The SMILES string of the molecule is CC(Cc1ccc2oc3ccccc3c2c1)C(=O)O. The molecule has 0 saturated carbocycles. The minimum Gasteiger partial charge on any atom is -0.481 e. The summed E-state index contributed by atoms with van der Waals surface area (Å²) in [6.45, 7) is 1.72. The van der Waals surface area contributed by atoms with E-state index in [0.717, 1.165) is 27.5 Å². The highest BCUT2D eigenvalue weighted by atomic mass is 16.4. The van der Waals surface area contributed by atoms with Crippen molar-refractivity contribution in [1.29, 1.82) is 0 Å². The Morgan fingerprint density at radius 1 is 1.16 bits per heavy atom. The number of benzene rings is 2. The highest BCUT2D eigenvalue weighted by Crippen LogP contribution is 2.29. The quantitative estimate of drug-likeness (QED) is 0.772. The lowest BCUT2D eigenvalue weighted by Crippen LogP contribution is -2.12. The van der Waals surface area contributed by atoms with Crippen molar-refractivity contribution in [2.75, 3.05) is 0 Å². The molecule has 0 spiro atoms. The highest BCUT2D eigenvalue weighted by Gasteiger charge is 2.13. The number of hydrogen-bond acceptors (Lipinski definition) is 2. The van der Waals surface area contributed by atoms with Crippen molar-refractivity contribution in [3.05, 3.63) is 48.0 Å². The van der Waals surface area contributed by atoms with E-state index < -0.39 is 5.97 Å². The van der Waals surface area contributed by atoms with Crippen LogP contribution in [0.25, 0.3) is 21.9 Å². The maximum absolute atomic E-state index is 10.9. The molecule has 1 unspecified atom stereocenters. The van der Waals surface area contributed by atoms with Gasteiger partial charge in [-0.2, -0.15) is 0 Å². The van der Waals surface area contributed by atoms with Crippen LogP contribution in [0.2, 0.25) is 0 Å². The summed E-state index contributed by atoms with van der Waals surface area (Å²) < 4.78 is 5.74. The number of furan rings is 1. The number of carbonyl (C=O) groups is 1. The zero-order valence-corrected chi connectivity index (χ0v) is 10.6. The maximum atomic E-state index is 10.9. The number of para-hydroxylation sites is 1. The van der Waals surface area contributed by atoms with Gasteiger partial charge in [0.1, 0.15) is 11.2 Å². The van der Waals surface area contributed by atoms with Gasteiger partial charge in [0.05, 0.1) is 5.92 Å². The summed E-state index contributed by atoms with van der Waals surface area (Å²) >= 11 is 0. The van der Waals surface area contributed by atoms with Crippen LogP contribution in [0.1, 0.15) is 12.5 Å². The van der Waals surface area contributed by atoms with E-state index in [-0.39, 0.29) is 5.92 Å². The molecule has 0 aliphatic rings. The molecule has 1 N–H and O–H groups in total. The Hall–Kier alpha value is -2.29. The number of hydrogen-bond donors (Lipinski definition) is 1. The van der Waals surface area contributed by atoms with Gasteiger partial charge in [-0.05, 0) is 30.2 Å². The maximum Gasteiger partial charge on any atom is 0.306 e. The van der Waals surface area contributed by atoms with Crippen LogP contribution in [0.3, 0.4) is 0 Å². The van der Waals surface area contributed by atoms with Gasteiger partial charge in [0.15, 0.2) is 0 Å². The molecule has 2 aromatic carbocycles. The molecule has 0 aliphatic carbocycles. The number of fused-ring (bicyclic) bond motifs is 3. The molecule has 96 valence electrons. The summed E-state index contributed by atoms with van der Waals surface area (Å²) in [5.41, 5.74) is 2.72. The number of carboxylic acid groups (broad SMARTS) is 1. The van der Waals surface area contributed by atoms with Crippen molar-refractivity contribution < 1.29 is 14.3 Å². The minimum atomic E-state index is -0.767. The third-order valence-electron chi connectivity index (χ3n) is 3.40. The van der Waals surface area contributed by atoms with Crippen molar-refractivity contribution in [2.24, 2.45) is 5.92 Å². The fourth-order valence-electron chi connectivity index (χ4n) is 2.34. The minimum absolute atomic E-state index is 0.379. The molecule has 0 saturated heterocycles. The molecular formula is C16H14O3. The third kappa shape index (κ3) is 2.08. The molecule has 0 amide bonds. The van der Waals surface area contributed by atoms with E-state index in [0.29, 0.717) is 6.42 Å². The Labute approximate surface area is 110 Å². The molecule has 1 aromatic heterocycles. The van der Waals surface area contributed by atoms with Crippen LogP contribution in [0.5, 0.6) is 0 Å². The molecule has 3 nitrogen and oxygen atoms in total. The van der Waals surface area contributed by atoms with Crippen LogP contribution in [-0.4, -0.2) is 11.1 Å². The van der Waals surface area contributed by atoms with E-state index in [2.05, 4.69) is 0 Å². The van der Waals surface area contributed by atoms with Gasteiger partial charge in [-0.15, -0.1) is 0 Å². The largest absolute Gasteiger partial charge is 0.481 e. The lowest BCUT2D eigenvalue weighted by atomic mass is 9.99.